The normalized spacial score (nSPS) is 9.83. The molecule has 0 bridgehead atoms. The van der Waals surface area contributed by atoms with Gasteiger partial charge in [0.25, 0.3) is 5.91 Å². The van der Waals surface area contributed by atoms with E-state index in [9.17, 15) is 14.4 Å². The summed E-state index contributed by atoms with van der Waals surface area (Å²) < 4.78 is 0. The average molecular weight is 326 g/mol. The Morgan fingerprint density at radius 3 is 2.17 bits per heavy atom. The number of nitrogens with one attached hydrogen (secondary N) is 3. The third-order valence-corrected chi connectivity index (χ3v) is 3.12. The first-order valence-corrected chi connectivity index (χ1v) is 7.30. The van der Waals surface area contributed by atoms with Gasteiger partial charge in [-0.25, -0.2) is 4.79 Å². The van der Waals surface area contributed by atoms with Crippen LogP contribution in [0.25, 0.3) is 0 Å². The largest absolute Gasteiger partial charge is 0.368 e. The summed E-state index contributed by atoms with van der Waals surface area (Å²) >= 11 is 0. The number of rotatable bonds is 6. The van der Waals surface area contributed by atoms with Gasteiger partial charge in [-0.15, -0.1) is 0 Å². The van der Waals surface area contributed by atoms with Crippen LogP contribution in [0, 0.1) is 0 Å². The molecule has 5 N–H and O–H groups in total. The fourth-order valence-corrected chi connectivity index (χ4v) is 1.92. The predicted octanol–water partition coefficient (Wildman–Crippen LogP) is 1.22. The van der Waals surface area contributed by atoms with E-state index >= 15 is 0 Å². The lowest BCUT2D eigenvalue weighted by Crippen LogP contribution is -2.33. The lowest BCUT2D eigenvalue weighted by atomic mass is 10.1. The number of anilines is 1. The minimum absolute atomic E-state index is 0.207. The fourth-order valence-electron chi connectivity index (χ4n) is 1.92. The molecule has 4 amide bonds. The first-order valence-electron chi connectivity index (χ1n) is 7.30. The zero-order valence-corrected chi connectivity index (χ0v) is 12.9. The minimum Gasteiger partial charge on any atom is -0.368 e. The number of urea groups is 1. The van der Waals surface area contributed by atoms with Crippen molar-refractivity contribution < 1.29 is 14.4 Å². The molecule has 7 nitrogen and oxygen atoms in total. The molecular weight excluding hydrogens is 308 g/mol. The Kier molecular flexibility index (Phi) is 5.90. The summed E-state index contributed by atoms with van der Waals surface area (Å²) in [4.78, 5) is 34.1. The van der Waals surface area contributed by atoms with Crippen molar-refractivity contribution in [3.05, 3.63) is 65.7 Å². The molecule has 2 rings (SSSR count). The molecule has 0 aliphatic carbocycles. The van der Waals surface area contributed by atoms with Gasteiger partial charge in [-0.2, -0.15) is 0 Å². The van der Waals surface area contributed by atoms with E-state index in [1.54, 1.807) is 36.4 Å². The molecule has 0 radical (unpaired) electrons. The van der Waals surface area contributed by atoms with E-state index in [-0.39, 0.29) is 18.5 Å². The molecule has 7 heteroatoms. The average Bonchev–Trinajstić information content (AvgIpc) is 2.59. The molecular formula is C17H18N4O3. The molecule has 0 aliphatic rings. The van der Waals surface area contributed by atoms with E-state index in [2.05, 4.69) is 16.0 Å². The molecule has 0 fully saturated rings. The van der Waals surface area contributed by atoms with Crippen molar-refractivity contribution >= 4 is 23.5 Å². The molecule has 2 aromatic rings. The molecule has 0 atom stereocenters. The van der Waals surface area contributed by atoms with Crippen molar-refractivity contribution in [3.8, 4) is 0 Å². The number of benzene rings is 2. The summed E-state index contributed by atoms with van der Waals surface area (Å²) in [6, 6.07) is 15.5. The van der Waals surface area contributed by atoms with Gasteiger partial charge < -0.3 is 21.7 Å². The van der Waals surface area contributed by atoms with Crippen LogP contribution in [0.1, 0.15) is 15.9 Å². The number of primary amides is 1. The Morgan fingerprint density at radius 2 is 1.54 bits per heavy atom. The van der Waals surface area contributed by atoms with Crippen molar-refractivity contribution in [2.75, 3.05) is 11.9 Å². The number of carbonyl (C=O) groups excluding carboxylic acids is 3. The second-order valence-electron chi connectivity index (χ2n) is 5.02. The summed E-state index contributed by atoms with van der Waals surface area (Å²) in [6.07, 6.45) is 0. The van der Waals surface area contributed by atoms with E-state index in [1.165, 1.54) is 0 Å². The Bertz CT molecular complexity index is 714. The second-order valence-corrected chi connectivity index (χ2v) is 5.02. The molecule has 124 valence electrons. The second kappa shape index (κ2) is 8.33. The van der Waals surface area contributed by atoms with E-state index in [4.69, 9.17) is 5.73 Å². The fraction of sp³-hybridized carbons (Fsp3) is 0.118. The highest BCUT2D eigenvalue weighted by molar-refractivity contribution is 5.96. The summed E-state index contributed by atoms with van der Waals surface area (Å²) in [7, 11) is 0. The van der Waals surface area contributed by atoms with Gasteiger partial charge in [0.1, 0.15) is 0 Å². The van der Waals surface area contributed by atoms with Crippen molar-refractivity contribution in [2.24, 2.45) is 5.73 Å². The molecule has 0 aromatic heterocycles. The maximum Gasteiger partial charge on any atom is 0.319 e. The number of para-hydroxylation sites is 1. The molecule has 0 unspecified atom stereocenters. The lowest BCUT2D eigenvalue weighted by molar-refractivity contribution is -0.117. The quantitative estimate of drug-likeness (QED) is 0.640. The molecule has 0 saturated heterocycles. The zero-order valence-electron chi connectivity index (χ0n) is 12.9. The van der Waals surface area contributed by atoms with Crippen LogP contribution in [0.3, 0.4) is 0 Å². The minimum atomic E-state index is -0.603. The highest BCUT2D eigenvalue weighted by Crippen LogP contribution is 2.06. The third-order valence-electron chi connectivity index (χ3n) is 3.12. The summed E-state index contributed by atoms with van der Waals surface area (Å²) in [5.74, 6) is -0.983. The summed E-state index contributed by atoms with van der Waals surface area (Å²) in [6.45, 7) is 0.115. The molecule has 0 spiro atoms. The van der Waals surface area contributed by atoms with Crippen molar-refractivity contribution in [3.63, 3.8) is 0 Å². The SMILES string of the molecule is NC(=O)CNC(=O)c1ccc(CNC(=O)Nc2ccccc2)cc1. The number of hydrogen-bond acceptors (Lipinski definition) is 3. The highest BCUT2D eigenvalue weighted by atomic mass is 16.2. The van der Waals surface area contributed by atoms with Gasteiger partial charge in [0.05, 0.1) is 6.54 Å². The lowest BCUT2D eigenvalue weighted by Gasteiger charge is -2.08. The predicted molar refractivity (Wildman–Crippen MR) is 90.3 cm³/mol. The van der Waals surface area contributed by atoms with Crippen LogP contribution in [0.15, 0.2) is 54.6 Å². The molecule has 0 aliphatic heterocycles. The Labute approximate surface area is 139 Å². The van der Waals surface area contributed by atoms with E-state index in [0.717, 1.165) is 5.56 Å². The van der Waals surface area contributed by atoms with Gasteiger partial charge in [0, 0.05) is 17.8 Å². The van der Waals surface area contributed by atoms with E-state index in [0.29, 0.717) is 17.8 Å². The van der Waals surface area contributed by atoms with Crippen LogP contribution in [0.2, 0.25) is 0 Å². The summed E-state index contributed by atoms with van der Waals surface area (Å²) in [5, 5.41) is 7.84. The van der Waals surface area contributed by atoms with Crippen molar-refractivity contribution in [2.45, 2.75) is 6.54 Å². The van der Waals surface area contributed by atoms with Gasteiger partial charge in [-0.3, -0.25) is 9.59 Å². The van der Waals surface area contributed by atoms with Crippen LogP contribution in [-0.4, -0.2) is 24.4 Å². The first kappa shape index (κ1) is 17.0. The van der Waals surface area contributed by atoms with Crippen molar-refractivity contribution in [1.82, 2.24) is 10.6 Å². The van der Waals surface area contributed by atoms with Gasteiger partial charge in [-0.1, -0.05) is 30.3 Å². The van der Waals surface area contributed by atoms with Gasteiger partial charge in [0.2, 0.25) is 5.91 Å². The number of nitrogens with two attached hydrogens (primary N) is 1. The molecule has 0 heterocycles. The highest BCUT2D eigenvalue weighted by Gasteiger charge is 2.06. The Balaban J connectivity index is 1.82. The smallest absolute Gasteiger partial charge is 0.319 e. The van der Waals surface area contributed by atoms with Crippen LogP contribution >= 0.6 is 0 Å². The Hall–Kier alpha value is -3.35. The van der Waals surface area contributed by atoms with Crippen LogP contribution in [-0.2, 0) is 11.3 Å². The maximum atomic E-state index is 11.8. The summed E-state index contributed by atoms with van der Waals surface area (Å²) in [5.41, 5.74) is 6.92. The van der Waals surface area contributed by atoms with Crippen molar-refractivity contribution in [1.29, 1.82) is 0 Å². The maximum absolute atomic E-state index is 11.8. The zero-order chi connectivity index (χ0) is 17.4. The van der Waals surface area contributed by atoms with Gasteiger partial charge >= 0.3 is 6.03 Å². The van der Waals surface area contributed by atoms with Gasteiger partial charge in [-0.05, 0) is 29.8 Å². The topological polar surface area (TPSA) is 113 Å². The van der Waals surface area contributed by atoms with Crippen LogP contribution < -0.4 is 21.7 Å². The molecule has 2 aromatic carbocycles. The van der Waals surface area contributed by atoms with Crippen LogP contribution in [0.4, 0.5) is 10.5 Å². The number of carbonyl (C=O) groups is 3. The number of hydrogen-bond donors (Lipinski definition) is 4. The number of amides is 4. The van der Waals surface area contributed by atoms with Gasteiger partial charge in [0.15, 0.2) is 0 Å². The van der Waals surface area contributed by atoms with E-state index < -0.39 is 5.91 Å². The molecule has 24 heavy (non-hydrogen) atoms. The molecule has 0 saturated carbocycles. The standard InChI is InChI=1S/C17H18N4O3/c18-15(22)11-19-16(23)13-8-6-12(7-9-13)10-20-17(24)21-14-4-2-1-3-5-14/h1-9H,10-11H2,(H2,18,22)(H,19,23)(H2,20,21,24). The first-order chi connectivity index (χ1) is 11.5. The Morgan fingerprint density at radius 1 is 0.875 bits per heavy atom. The monoisotopic (exact) mass is 326 g/mol. The third kappa shape index (κ3) is 5.45. The van der Waals surface area contributed by atoms with Crippen LogP contribution in [0.5, 0.6) is 0 Å². The van der Waals surface area contributed by atoms with E-state index in [1.807, 2.05) is 18.2 Å².